The molecule has 2 heterocycles. The van der Waals surface area contributed by atoms with Gasteiger partial charge in [-0.1, -0.05) is 48.0 Å². The molecular weight excluding hydrogens is 384 g/mol. The monoisotopic (exact) mass is 404 g/mol. The number of aromatic nitrogens is 1. The minimum atomic E-state index is 0.269. The van der Waals surface area contributed by atoms with Crippen LogP contribution in [0.2, 0.25) is 5.02 Å². The normalized spacial score (nSPS) is 21.1. The van der Waals surface area contributed by atoms with E-state index in [0.29, 0.717) is 23.4 Å². The minimum Gasteiger partial charge on any atom is -0.423 e. The summed E-state index contributed by atoms with van der Waals surface area (Å²) in [6.45, 7) is 3.25. The highest BCUT2D eigenvalue weighted by atomic mass is 35.5. The van der Waals surface area contributed by atoms with E-state index in [1.54, 1.807) is 0 Å². The predicted molar refractivity (Wildman–Crippen MR) is 114 cm³/mol. The maximum Gasteiger partial charge on any atom is 0.234 e. The predicted octanol–water partition coefficient (Wildman–Crippen LogP) is 4.80. The second kappa shape index (κ2) is 7.46. The number of oxazole rings is 1. The van der Waals surface area contributed by atoms with Gasteiger partial charge >= 0.3 is 0 Å². The molecule has 2 aliphatic rings. The van der Waals surface area contributed by atoms with Crippen molar-refractivity contribution in [1.29, 1.82) is 5.26 Å². The van der Waals surface area contributed by atoms with E-state index in [1.165, 1.54) is 5.56 Å². The van der Waals surface area contributed by atoms with E-state index >= 15 is 0 Å². The summed E-state index contributed by atoms with van der Waals surface area (Å²) >= 11 is 6.13. The van der Waals surface area contributed by atoms with Gasteiger partial charge in [0.1, 0.15) is 6.07 Å². The molecule has 1 aromatic heterocycles. The highest BCUT2D eigenvalue weighted by Gasteiger charge is 2.44. The molecule has 1 aliphatic heterocycles. The van der Waals surface area contributed by atoms with Crippen molar-refractivity contribution in [2.75, 3.05) is 36.0 Å². The number of rotatable bonds is 4. The zero-order valence-corrected chi connectivity index (χ0v) is 16.7. The first-order valence-electron chi connectivity index (χ1n) is 9.94. The molecule has 5 nitrogen and oxygen atoms in total. The van der Waals surface area contributed by atoms with Crippen molar-refractivity contribution in [3.8, 4) is 6.07 Å². The van der Waals surface area contributed by atoms with Gasteiger partial charge in [0.2, 0.25) is 17.5 Å². The molecule has 0 unspecified atom stereocenters. The van der Waals surface area contributed by atoms with E-state index in [9.17, 15) is 5.26 Å². The quantitative estimate of drug-likeness (QED) is 0.625. The standard InChI is InChI=1S/C23H21ClN4O/c24-17-7-4-8-18(13-17)27-9-11-28(12-10-27)23-21(15-25)26-22(29-23)20-14-19(20)16-5-2-1-3-6-16/h1-8,13,19-20H,9-12,14H2/t19-,20-/m0/s1. The molecule has 146 valence electrons. The number of anilines is 2. The molecule has 1 saturated heterocycles. The van der Waals surface area contributed by atoms with Crippen LogP contribution < -0.4 is 9.80 Å². The lowest BCUT2D eigenvalue weighted by Gasteiger charge is -2.36. The number of hydrogen-bond donors (Lipinski definition) is 0. The zero-order valence-electron chi connectivity index (χ0n) is 16.0. The van der Waals surface area contributed by atoms with Crippen LogP contribution in [0.5, 0.6) is 0 Å². The van der Waals surface area contributed by atoms with Gasteiger partial charge in [-0.15, -0.1) is 0 Å². The Morgan fingerprint density at radius 3 is 2.45 bits per heavy atom. The Bertz CT molecular complexity index is 1050. The van der Waals surface area contributed by atoms with Crippen LogP contribution in [0.25, 0.3) is 0 Å². The van der Waals surface area contributed by atoms with Gasteiger partial charge in [-0.25, -0.2) is 4.98 Å². The molecule has 0 N–H and O–H groups in total. The van der Waals surface area contributed by atoms with Gasteiger partial charge in [0.05, 0.1) is 0 Å². The van der Waals surface area contributed by atoms with Crippen molar-refractivity contribution < 1.29 is 4.42 Å². The maximum absolute atomic E-state index is 9.58. The Labute approximate surface area is 175 Å². The summed E-state index contributed by atoms with van der Waals surface area (Å²) in [7, 11) is 0. The molecular formula is C23H21ClN4O. The van der Waals surface area contributed by atoms with E-state index < -0.39 is 0 Å². The second-order valence-corrected chi connectivity index (χ2v) is 8.07. The third-order valence-electron chi connectivity index (χ3n) is 5.81. The topological polar surface area (TPSA) is 56.3 Å². The molecule has 5 rings (SSSR count). The highest BCUT2D eigenvalue weighted by Crippen LogP contribution is 2.54. The molecule has 6 heteroatoms. The van der Waals surface area contributed by atoms with Gasteiger partial charge in [0.25, 0.3) is 0 Å². The fourth-order valence-electron chi connectivity index (χ4n) is 4.15. The van der Waals surface area contributed by atoms with Crippen molar-refractivity contribution in [2.24, 2.45) is 0 Å². The van der Waals surface area contributed by atoms with E-state index in [2.05, 4.69) is 51.2 Å². The van der Waals surface area contributed by atoms with Crippen LogP contribution in [0.3, 0.4) is 0 Å². The molecule has 2 fully saturated rings. The average molecular weight is 405 g/mol. The highest BCUT2D eigenvalue weighted by molar-refractivity contribution is 6.30. The smallest absolute Gasteiger partial charge is 0.234 e. The van der Waals surface area contributed by atoms with Gasteiger partial charge < -0.3 is 14.2 Å². The second-order valence-electron chi connectivity index (χ2n) is 7.63. The molecule has 2 atom stereocenters. The van der Waals surface area contributed by atoms with Crippen molar-refractivity contribution >= 4 is 23.2 Å². The van der Waals surface area contributed by atoms with Gasteiger partial charge in [0, 0.05) is 42.8 Å². The molecule has 0 radical (unpaired) electrons. The SMILES string of the molecule is N#Cc1nc([C@H]2C[C@H]2c2ccccc2)oc1N1CCN(c2cccc(Cl)c2)CC1. The van der Waals surface area contributed by atoms with Gasteiger partial charge in [-0.3, -0.25) is 0 Å². The Hall–Kier alpha value is -2.97. The molecule has 0 bridgehead atoms. The van der Waals surface area contributed by atoms with Crippen LogP contribution in [0, 0.1) is 11.3 Å². The molecule has 0 amide bonds. The Balaban J connectivity index is 1.29. The van der Waals surface area contributed by atoms with Crippen LogP contribution in [-0.4, -0.2) is 31.2 Å². The number of hydrogen-bond acceptors (Lipinski definition) is 5. The van der Waals surface area contributed by atoms with Gasteiger partial charge in [0.15, 0.2) is 0 Å². The lowest BCUT2D eigenvalue weighted by molar-refractivity contribution is 0.476. The third-order valence-corrected chi connectivity index (χ3v) is 6.04. The summed E-state index contributed by atoms with van der Waals surface area (Å²) in [5, 5.41) is 10.3. The van der Waals surface area contributed by atoms with Crippen molar-refractivity contribution in [3.05, 3.63) is 76.8 Å². The minimum absolute atomic E-state index is 0.269. The largest absolute Gasteiger partial charge is 0.423 e. The first-order valence-corrected chi connectivity index (χ1v) is 10.3. The first kappa shape index (κ1) is 18.1. The maximum atomic E-state index is 9.58. The van der Waals surface area contributed by atoms with Gasteiger partial charge in [-0.05, 0) is 36.1 Å². The number of nitrogens with zero attached hydrogens (tertiary/aromatic N) is 4. The molecule has 29 heavy (non-hydrogen) atoms. The fourth-order valence-corrected chi connectivity index (χ4v) is 4.34. The number of piperazine rings is 1. The van der Waals surface area contributed by atoms with Crippen molar-refractivity contribution in [2.45, 2.75) is 18.3 Å². The summed E-state index contributed by atoms with van der Waals surface area (Å²) in [5.74, 6) is 2.02. The Kier molecular flexibility index (Phi) is 4.65. The molecule has 0 spiro atoms. The molecule has 1 saturated carbocycles. The number of benzene rings is 2. The van der Waals surface area contributed by atoms with E-state index in [4.69, 9.17) is 16.0 Å². The summed E-state index contributed by atoms with van der Waals surface area (Å²) in [5.41, 5.74) is 2.83. The average Bonchev–Trinajstić information content (AvgIpc) is 3.46. The molecule has 2 aromatic carbocycles. The summed E-state index contributed by atoms with van der Waals surface area (Å²) < 4.78 is 6.13. The third kappa shape index (κ3) is 3.56. The van der Waals surface area contributed by atoms with E-state index in [1.807, 2.05) is 24.3 Å². The lowest BCUT2D eigenvalue weighted by Crippen LogP contribution is -2.46. The lowest BCUT2D eigenvalue weighted by atomic mass is 10.1. The summed E-state index contributed by atoms with van der Waals surface area (Å²) in [4.78, 5) is 8.97. The first-order chi connectivity index (χ1) is 14.2. The summed E-state index contributed by atoms with van der Waals surface area (Å²) in [6, 6.07) is 20.6. The van der Waals surface area contributed by atoms with Crippen LogP contribution >= 0.6 is 11.6 Å². The Morgan fingerprint density at radius 1 is 0.966 bits per heavy atom. The van der Waals surface area contributed by atoms with Gasteiger partial charge in [-0.2, -0.15) is 5.26 Å². The number of halogens is 1. The van der Waals surface area contributed by atoms with E-state index in [-0.39, 0.29) is 5.92 Å². The van der Waals surface area contributed by atoms with Crippen LogP contribution in [0.4, 0.5) is 11.6 Å². The zero-order chi connectivity index (χ0) is 19.8. The number of nitriles is 1. The van der Waals surface area contributed by atoms with Crippen LogP contribution in [0.15, 0.2) is 59.0 Å². The molecule has 1 aliphatic carbocycles. The van der Waals surface area contributed by atoms with Crippen LogP contribution in [-0.2, 0) is 0 Å². The Morgan fingerprint density at radius 2 is 1.72 bits per heavy atom. The fraction of sp³-hybridized carbons (Fsp3) is 0.304. The molecule has 3 aromatic rings. The van der Waals surface area contributed by atoms with E-state index in [0.717, 1.165) is 43.3 Å². The van der Waals surface area contributed by atoms with Crippen molar-refractivity contribution in [3.63, 3.8) is 0 Å². The van der Waals surface area contributed by atoms with Crippen molar-refractivity contribution in [1.82, 2.24) is 4.98 Å². The van der Waals surface area contributed by atoms with Crippen LogP contribution in [0.1, 0.15) is 35.4 Å². The summed E-state index contributed by atoms with van der Waals surface area (Å²) in [6.07, 6.45) is 1.03.